The molecule has 0 saturated carbocycles. The fourth-order valence-electron chi connectivity index (χ4n) is 4.17. The quantitative estimate of drug-likeness (QED) is 0.407. The fourth-order valence-corrected chi connectivity index (χ4v) is 4.17. The number of aliphatic hydroxyl groups is 1. The zero-order valence-corrected chi connectivity index (χ0v) is 17.4. The molecule has 0 saturated heterocycles. The molecule has 1 rings (SSSR count). The third kappa shape index (κ3) is 5.02. The molecule has 148 valence electrons. The van der Waals surface area contributed by atoms with E-state index in [0.29, 0.717) is 6.42 Å². The van der Waals surface area contributed by atoms with Crippen LogP contribution >= 0.6 is 0 Å². The lowest BCUT2D eigenvalue weighted by molar-refractivity contribution is -0.384. The van der Waals surface area contributed by atoms with Crippen LogP contribution in [0.3, 0.4) is 0 Å². The van der Waals surface area contributed by atoms with Crippen molar-refractivity contribution in [2.24, 2.45) is 0 Å². The second kappa shape index (κ2) is 8.93. The second-order valence-corrected chi connectivity index (χ2v) is 8.06. The summed E-state index contributed by atoms with van der Waals surface area (Å²) in [6.07, 6.45) is 0.373. The van der Waals surface area contributed by atoms with Gasteiger partial charge in [0, 0.05) is 42.7 Å². The number of benzene rings is 1. The Morgan fingerprint density at radius 1 is 0.885 bits per heavy atom. The van der Waals surface area contributed by atoms with Crippen LogP contribution in [-0.2, 0) is 6.42 Å². The molecule has 0 bridgehead atoms. The Labute approximate surface area is 158 Å². The fraction of sp³-hybridized carbons (Fsp3) is 0.700. The Balaban J connectivity index is 3.41. The summed E-state index contributed by atoms with van der Waals surface area (Å²) in [7, 11) is 0. The van der Waals surface area contributed by atoms with Gasteiger partial charge in [0.05, 0.1) is 4.92 Å². The van der Waals surface area contributed by atoms with Gasteiger partial charge in [-0.2, -0.15) is 0 Å². The topological polar surface area (TPSA) is 69.8 Å². The second-order valence-electron chi connectivity index (χ2n) is 8.06. The van der Waals surface area contributed by atoms with Crippen molar-refractivity contribution < 1.29 is 10.0 Å². The third-order valence-corrected chi connectivity index (χ3v) is 4.64. The van der Waals surface area contributed by atoms with Gasteiger partial charge in [0.2, 0.25) is 0 Å². The number of rotatable bonds is 9. The highest BCUT2D eigenvalue weighted by atomic mass is 16.6. The van der Waals surface area contributed by atoms with Crippen LogP contribution in [0.25, 0.3) is 0 Å². The minimum atomic E-state index is -1.19. The van der Waals surface area contributed by atoms with Crippen molar-refractivity contribution in [2.45, 2.75) is 91.8 Å². The van der Waals surface area contributed by atoms with Crippen molar-refractivity contribution in [2.75, 3.05) is 0 Å². The van der Waals surface area contributed by atoms with Gasteiger partial charge in [-0.25, -0.2) is 0 Å². The van der Waals surface area contributed by atoms with Gasteiger partial charge in [0.15, 0.2) is 5.85 Å². The van der Waals surface area contributed by atoms with Gasteiger partial charge in [0.25, 0.3) is 5.69 Å². The molecule has 1 N–H and O–H groups in total. The highest BCUT2D eigenvalue weighted by Crippen LogP contribution is 2.31. The van der Waals surface area contributed by atoms with E-state index in [1.807, 2.05) is 0 Å². The van der Waals surface area contributed by atoms with Crippen molar-refractivity contribution in [1.29, 1.82) is 0 Å². The minimum absolute atomic E-state index is 0.0615. The van der Waals surface area contributed by atoms with Crippen LogP contribution in [0.15, 0.2) is 24.3 Å². The lowest BCUT2D eigenvalue weighted by Crippen LogP contribution is -2.69. The number of nitro groups is 1. The van der Waals surface area contributed by atoms with Crippen molar-refractivity contribution in [3.05, 3.63) is 39.9 Å². The lowest BCUT2D eigenvalue weighted by Gasteiger charge is -2.54. The maximum absolute atomic E-state index is 12.0. The van der Waals surface area contributed by atoms with E-state index in [0.717, 1.165) is 5.56 Å². The molecule has 0 aliphatic rings. The van der Waals surface area contributed by atoms with Crippen LogP contribution in [-0.4, -0.2) is 49.8 Å². The van der Waals surface area contributed by atoms with Crippen LogP contribution in [0.2, 0.25) is 0 Å². The molecule has 0 heterocycles. The largest absolute Gasteiger partial charge is 0.362 e. The molecule has 0 spiro atoms. The molecule has 1 aromatic rings. The van der Waals surface area contributed by atoms with Gasteiger partial charge in [0.1, 0.15) is 0 Å². The average Bonchev–Trinajstić information content (AvgIpc) is 2.45. The van der Waals surface area contributed by atoms with E-state index >= 15 is 0 Å². The summed E-state index contributed by atoms with van der Waals surface area (Å²) in [4.78, 5) is 14.7. The molecule has 0 atom stereocenters. The monoisotopic (exact) mass is 365 g/mol. The van der Waals surface area contributed by atoms with E-state index in [1.165, 1.54) is 12.1 Å². The maximum atomic E-state index is 12.0. The Morgan fingerprint density at radius 2 is 1.23 bits per heavy atom. The zero-order chi connectivity index (χ0) is 20.2. The molecule has 6 heteroatoms. The molecular weight excluding hydrogens is 330 g/mol. The Kier molecular flexibility index (Phi) is 7.74. The van der Waals surface area contributed by atoms with Crippen molar-refractivity contribution in [1.82, 2.24) is 9.80 Å². The standard InChI is InChI=1S/C20H35N3O3/c1-14(2)21(15(3)4)20(24,22(16(5)6)17(7)8)13-18-9-11-19(12-10-18)23(25)26/h9-12,14-17,24H,13H2,1-8H3. The van der Waals surface area contributed by atoms with E-state index in [2.05, 4.69) is 65.2 Å². The van der Waals surface area contributed by atoms with Gasteiger partial charge in [-0.3, -0.25) is 19.9 Å². The molecule has 1 aromatic carbocycles. The Bertz CT molecular complexity index is 546. The van der Waals surface area contributed by atoms with E-state index < -0.39 is 10.8 Å². The zero-order valence-electron chi connectivity index (χ0n) is 17.4. The Morgan fingerprint density at radius 3 is 1.50 bits per heavy atom. The number of non-ortho nitro benzene ring substituents is 1. The molecule has 6 nitrogen and oxygen atoms in total. The Hall–Kier alpha value is -1.50. The number of nitrogens with zero attached hydrogens (tertiary/aromatic N) is 3. The van der Waals surface area contributed by atoms with Crippen LogP contribution < -0.4 is 0 Å². The van der Waals surface area contributed by atoms with Crippen LogP contribution in [0.5, 0.6) is 0 Å². The van der Waals surface area contributed by atoms with Gasteiger partial charge < -0.3 is 5.11 Å². The summed E-state index contributed by atoms with van der Waals surface area (Å²) < 4.78 is 0. The van der Waals surface area contributed by atoms with Crippen LogP contribution in [0.1, 0.15) is 61.0 Å². The van der Waals surface area contributed by atoms with Gasteiger partial charge in [-0.15, -0.1) is 0 Å². The van der Waals surface area contributed by atoms with Gasteiger partial charge in [-0.1, -0.05) is 12.1 Å². The average molecular weight is 366 g/mol. The predicted molar refractivity (Wildman–Crippen MR) is 106 cm³/mol. The lowest BCUT2D eigenvalue weighted by atomic mass is 9.99. The summed E-state index contributed by atoms with van der Waals surface area (Å²) in [5, 5.41) is 22.9. The van der Waals surface area contributed by atoms with Gasteiger partial charge in [-0.05, 0) is 61.0 Å². The molecule has 0 aromatic heterocycles. The highest BCUT2D eigenvalue weighted by molar-refractivity contribution is 5.33. The van der Waals surface area contributed by atoms with E-state index in [1.54, 1.807) is 12.1 Å². The van der Waals surface area contributed by atoms with Crippen molar-refractivity contribution >= 4 is 5.69 Å². The van der Waals surface area contributed by atoms with E-state index in [9.17, 15) is 15.2 Å². The summed E-state index contributed by atoms with van der Waals surface area (Å²) in [6.45, 7) is 16.7. The maximum Gasteiger partial charge on any atom is 0.269 e. The summed E-state index contributed by atoms with van der Waals surface area (Å²) in [5.74, 6) is -1.19. The molecule has 0 aliphatic heterocycles. The third-order valence-electron chi connectivity index (χ3n) is 4.64. The first-order valence-electron chi connectivity index (χ1n) is 9.44. The van der Waals surface area contributed by atoms with Crippen LogP contribution in [0, 0.1) is 10.1 Å². The smallest absolute Gasteiger partial charge is 0.269 e. The van der Waals surface area contributed by atoms with E-state index in [4.69, 9.17) is 0 Å². The van der Waals surface area contributed by atoms with Crippen molar-refractivity contribution in [3.63, 3.8) is 0 Å². The molecule has 26 heavy (non-hydrogen) atoms. The first kappa shape index (κ1) is 22.5. The van der Waals surface area contributed by atoms with Gasteiger partial charge >= 0.3 is 0 Å². The molecule has 0 aliphatic carbocycles. The first-order chi connectivity index (χ1) is 11.9. The molecule has 0 amide bonds. The van der Waals surface area contributed by atoms with E-state index in [-0.39, 0.29) is 29.9 Å². The normalized spacial score (nSPS) is 13.0. The minimum Gasteiger partial charge on any atom is -0.362 e. The molecule has 0 fully saturated rings. The first-order valence-corrected chi connectivity index (χ1v) is 9.44. The van der Waals surface area contributed by atoms with Crippen LogP contribution in [0.4, 0.5) is 5.69 Å². The number of hydrogen-bond donors (Lipinski definition) is 1. The van der Waals surface area contributed by atoms with Crippen molar-refractivity contribution in [3.8, 4) is 0 Å². The molecule has 0 unspecified atom stereocenters. The molecular formula is C20H35N3O3. The number of hydrogen-bond acceptors (Lipinski definition) is 5. The summed E-state index contributed by atoms with van der Waals surface area (Å²) in [6, 6.07) is 7.02. The summed E-state index contributed by atoms with van der Waals surface area (Å²) in [5.41, 5.74) is 0.933. The SMILES string of the molecule is CC(C)N(C(C)C)C(O)(Cc1ccc([N+](=O)[O-])cc1)N(C(C)C)C(C)C. The predicted octanol–water partition coefficient (Wildman–Crippen LogP) is 4.02. The summed E-state index contributed by atoms with van der Waals surface area (Å²) >= 11 is 0. The molecule has 0 radical (unpaired) electrons. The highest BCUT2D eigenvalue weighted by Gasteiger charge is 2.45. The number of nitro benzene ring substituents is 1.